The number of aromatic nitrogens is 6. The maximum Gasteiger partial charge on any atom is 0.243 e. The third kappa shape index (κ3) is 2.85. The molecule has 9 nitrogen and oxygen atoms in total. The van der Waals surface area contributed by atoms with E-state index in [1.807, 2.05) is 6.20 Å². The molecule has 0 aromatic carbocycles. The van der Waals surface area contributed by atoms with Crippen molar-refractivity contribution in [2.75, 3.05) is 30.0 Å². The second kappa shape index (κ2) is 6.65. The molecular weight excluding hydrogens is 375 g/mol. The summed E-state index contributed by atoms with van der Waals surface area (Å²) in [6, 6.07) is 0.172. The highest BCUT2D eigenvalue weighted by atomic mass is 19.1. The van der Waals surface area contributed by atoms with Crippen LogP contribution in [0.3, 0.4) is 0 Å². The van der Waals surface area contributed by atoms with Gasteiger partial charge in [-0.25, -0.2) is 9.37 Å². The molecule has 2 aliphatic heterocycles. The quantitative estimate of drug-likeness (QED) is 0.694. The Hall–Kier alpha value is -2.75. The fraction of sp³-hybridized carbons (Fsp3) is 0.579. The van der Waals surface area contributed by atoms with Crippen LogP contribution in [0.1, 0.15) is 25.7 Å². The number of aromatic amines is 1. The topological polar surface area (TPSA) is 96.3 Å². The van der Waals surface area contributed by atoms with Gasteiger partial charge in [0.1, 0.15) is 23.9 Å². The molecular formula is C19H23FN8O. The number of fused-ring (bicyclic) bond motifs is 3. The maximum atomic E-state index is 14.2. The van der Waals surface area contributed by atoms with Gasteiger partial charge in [0.05, 0.1) is 18.8 Å². The number of alkyl halides is 1. The summed E-state index contributed by atoms with van der Waals surface area (Å²) in [4.78, 5) is 11.9. The average molecular weight is 398 g/mol. The molecule has 2 unspecified atom stereocenters. The van der Waals surface area contributed by atoms with Gasteiger partial charge >= 0.3 is 0 Å². The van der Waals surface area contributed by atoms with Gasteiger partial charge in [-0.15, -0.1) is 5.10 Å². The van der Waals surface area contributed by atoms with Gasteiger partial charge in [-0.3, -0.25) is 5.10 Å². The maximum absolute atomic E-state index is 14.2. The molecule has 4 atom stereocenters. The van der Waals surface area contributed by atoms with Crippen LogP contribution in [-0.2, 0) is 4.74 Å². The smallest absolute Gasteiger partial charge is 0.243 e. The fourth-order valence-corrected chi connectivity index (χ4v) is 4.99. The first-order valence-electron chi connectivity index (χ1n) is 10.3. The lowest BCUT2D eigenvalue weighted by Gasteiger charge is -2.30. The van der Waals surface area contributed by atoms with Crippen molar-refractivity contribution in [2.24, 2.45) is 5.92 Å². The number of halogens is 1. The summed E-state index contributed by atoms with van der Waals surface area (Å²) in [5.74, 6) is 1.16. The van der Waals surface area contributed by atoms with Crippen LogP contribution in [0.15, 0.2) is 18.7 Å². The van der Waals surface area contributed by atoms with Gasteiger partial charge in [-0.05, 0) is 31.6 Å². The number of piperidine rings is 1. The number of rotatable bonds is 4. The van der Waals surface area contributed by atoms with Crippen molar-refractivity contribution in [1.29, 1.82) is 0 Å². The molecule has 0 radical (unpaired) electrons. The highest BCUT2D eigenvalue weighted by Gasteiger charge is 2.40. The average Bonchev–Trinajstić information content (AvgIpc) is 3.52. The Kier molecular flexibility index (Phi) is 3.93. The van der Waals surface area contributed by atoms with Gasteiger partial charge in [-0.2, -0.15) is 14.6 Å². The van der Waals surface area contributed by atoms with Gasteiger partial charge < -0.3 is 15.0 Å². The van der Waals surface area contributed by atoms with Crippen molar-refractivity contribution in [2.45, 2.75) is 43.9 Å². The van der Waals surface area contributed by atoms with Crippen molar-refractivity contribution >= 4 is 17.3 Å². The molecule has 3 fully saturated rings. The van der Waals surface area contributed by atoms with E-state index in [1.165, 1.54) is 19.3 Å². The standard InChI is InChI=1S/C19H23FN8O/c20-14-9-29-4-3-15(14)24-19-25-18-17(27-8-11-1-2-13(27)5-11)16(12-6-22-23-7-12)21-10-28(18)26-19/h6-7,10-11,13-15H,1-5,8-9H2,(H,22,23)(H,24,26)/t11?,13?,14-,15+/m1/s1. The van der Waals surface area contributed by atoms with E-state index in [0.717, 1.165) is 35.1 Å². The summed E-state index contributed by atoms with van der Waals surface area (Å²) < 4.78 is 21.1. The summed E-state index contributed by atoms with van der Waals surface area (Å²) in [5, 5.41) is 14.7. The van der Waals surface area contributed by atoms with E-state index in [0.29, 0.717) is 25.0 Å². The van der Waals surface area contributed by atoms with E-state index in [4.69, 9.17) is 9.72 Å². The molecule has 6 rings (SSSR count). The molecule has 2 bridgehead atoms. The van der Waals surface area contributed by atoms with Crippen molar-refractivity contribution < 1.29 is 9.13 Å². The number of nitrogens with zero attached hydrogens (tertiary/aromatic N) is 6. The van der Waals surface area contributed by atoms with E-state index in [9.17, 15) is 4.39 Å². The fourth-order valence-electron chi connectivity index (χ4n) is 4.99. The Bertz CT molecular complexity index is 1020. The van der Waals surface area contributed by atoms with E-state index in [-0.39, 0.29) is 12.6 Å². The molecule has 10 heteroatoms. The SMILES string of the molecule is F[C@@H]1COCC[C@@H]1Nc1nc2c(N3CC4CCC3C4)c(-c3cn[nH]c3)ncn2n1. The lowest BCUT2D eigenvalue weighted by atomic mass is 10.1. The monoisotopic (exact) mass is 398 g/mol. The Labute approximate surface area is 166 Å². The first-order valence-corrected chi connectivity index (χ1v) is 10.3. The number of ether oxygens (including phenoxy) is 1. The normalized spacial score (nSPS) is 29.1. The predicted molar refractivity (Wildman–Crippen MR) is 105 cm³/mol. The van der Waals surface area contributed by atoms with Gasteiger partial charge in [0, 0.05) is 31.0 Å². The van der Waals surface area contributed by atoms with Crippen LogP contribution in [0.4, 0.5) is 16.0 Å². The third-order valence-corrected chi connectivity index (χ3v) is 6.43. The first kappa shape index (κ1) is 17.1. The number of anilines is 2. The molecule has 2 saturated heterocycles. The van der Waals surface area contributed by atoms with Gasteiger partial charge in [-0.1, -0.05) is 0 Å². The molecule has 1 aliphatic carbocycles. The summed E-state index contributed by atoms with van der Waals surface area (Å²) in [7, 11) is 0. The van der Waals surface area contributed by atoms with Crippen LogP contribution in [-0.4, -0.2) is 67.8 Å². The highest BCUT2D eigenvalue weighted by molar-refractivity contribution is 5.85. The third-order valence-electron chi connectivity index (χ3n) is 6.43. The number of nitrogens with one attached hydrogen (secondary N) is 2. The molecule has 3 aromatic rings. The van der Waals surface area contributed by atoms with Gasteiger partial charge in [0.25, 0.3) is 0 Å². The Morgan fingerprint density at radius 1 is 1.28 bits per heavy atom. The molecule has 0 amide bonds. The summed E-state index contributed by atoms with van der Waals surface area (Å²) >= 11 is 0. The minimum atomic E-state index is -1.07. The lowest BCUT2D eigenvalue weighted by molar-refractivity contribution is 0.0284. The summed E-state index contributed by atoms with van der Waals surface area (Å²) in [6.07, 6.45) is 8.54. The second-order valence-electron chi connectivity index (χ2n) is 8.25. The lowest BCUT2D eigenvalue weighted by Crippen LogP contribution is -2.39. The van der Waals surface area contributed by atoms with Crippen LogP contribution in [0.5, 0.6) is 0 Å². The number of hydrogen-bond acceptors (Lipinski definition) is 7. The molecule has 5 heterocycles. The van der Waals surface area contributed by atoms with E-state index in [1.54, 1.807) is 17.0 Å². The minimum absolute atomic E-state index is 0.110. The van der Waals surface area contributed by atoms with E-state index >= 15 is 0 Å². The van der Waals surface area contributed by atoms with Crippen LogP contribution in [0.2, 0.25) is 0 Å². The predicted octanol–water partition coefficient (Wildman–Crippen LogP) is 2.04. The van der Waals surface area contributed by atoms with Crippen LogP contribution >= 0.6 is 0 Å². The molecule has 0 spiro atoms. The Morgan fingerprint density at radius 3 is 3.00 bits per heavy atom. The van der Waals surface area contributed by atoms with Gasteiger partial charge in [0.15, 0.2) is 5.65 Å². The highest BCUT2D eigenvalue weighted by Crippen LogP contribution is 2.44. The van der Waals surface area contributed by atoms with Crippen molar-refractivity contribution in [1.82, 2.24) is 29.8 Å². The van der Waals surface area contributed by atoms with Gasteiger partial charge in [0.2, 0.25) is 5.95 Å². The summed E-state index contributed by atoms with van der Waals surface area (Å²) in [6.45, 7) is 1.66. The summed E-state index contributed by atoms with van der Waals surface area (Å²) in [5.41, 5.74) is 3.52. The zero-order chi connectivity index (χ0) is 19.4. The Morgan fingerprint density at radius 2 is 2.24 bits per heavy atom. The largest absolute Gasteiger partial charge is 0.378 e. The van der Waals surface area contributed by atoms with Crippen molar-refractivity contribution in [3.8, 4) is 11.3 Å². The van der Waals surface area contributed by atoms with Crippen molar-refractivity contribution in [3.63, 3.8) is 0 Å². The zero-order valence-corrected chi connectivity index (χ0v) is 16.0. The zero-order valence-electron chi connectivity index (χ0n) is 16.0. The second-order valence-corrected chi connectivity index (χ2v) is 8.25. The molecule has 1 saturated carbocycles. The van der Waals surface area contributed by atoms with Crippen LogP contribution in [0, 0.1) is 5.92 Å². The number of H-pyrrole nitrogens is 1. The molecule has 2 N–H and O–H groups in total. The first-order chi connectivity index (χ1) is 14.3. The van der Waals surface area contributed by atoms with E-state index in [2.05, 4.69) is 30.5 Å². The molecule has 29 heavy (non-hydrogen) atoms. The molecule has 3 aromatic heterocycles. The van der Waals surface area contributed by atoms with Crippen LogP contribution in [0.25, 0.3) is 16.9 Å². The minimum Gasteiger partial charge on any atom is -0.378 e. The number of hydrogen-bond donors (Lipinski definition) is 2. The van der Waals surface area contributed by atoms with Crippen molar-refractivity contribution in [3.05, 3.63) is 18.7 Å². The van der Waals surface area contributed by atoms with E-state index < -0.39 is 6.17 Å². The molecule has 3 aliphatic rings. The molecule has 152 valence electrons. The van der Waals surface area contributed by atoms with Crippen LogP contribution < -0.4 is 10.2 Å². The Balaban J connectivity index is 1.43.